The summed E-state index contributed by atoms with van der Waals surface area (Å²) in [5.74, 6) is -0.705. The van der Waals surface area contributed by atoms with Crippen molar-refractivity contribution in [2.75, 3.05) is 7.05 Å². The second-order valence-corrected chi connectivity index (χ2v) is 6.21. The van der Waals surface area contributed by atoms with Crippen LogP contribution in [0.5, 0.6) is 0 Å². The molecule has 2 aromatic rings. The third-order valence-electron chi connectivity index (χ3n) is 3.29. The number of hydrogen-bond acceptors (Lipinski definition) is 4. The first-order valence-electron chi connectivity index (χ1n) is 6.85. The number of nitro groups is 1. The third-order valence-corrected chi connectivity index (χ3v) is 4.51. The summed E-state index contributed by atoms with van der Waals surface area (Å²) in [5.41, 5.74) is 0.976. The van der Waals surface area contributed by atoms with Crippen molar-refractivity contribution in [1.29, 1.82) is 0 Å². The highest BCUT2D eigenvalue weighted by atomic mass is 32.2. The molecule has 0 aliphatic rings. The molecule has 7 heteroatoms. The molecule has 0 saturated heterocycles. The van der Waals surface area contributed by atoms with Gasteiger partial charge in [0, 0.05) is 23.9 Å². The van der Waals surface area contributed by atoms with Crippen LogP contribution in [-0.4, -0.2) is 17.9 Å². The zero-order valence-corrected chi connectivity index (χ0v) is 13.4. The van der Waals surface area contributed by atoms with E-state index in [0.29, 0.717) is 4.90 Å². The number of nitrogens with one attached hydrogen (secondary N) is 1. The number of nitrogens with zero attached hydrogens (tertiary/aromatic N) is 1. The van der Waals surface area contributed by atoms with Crippen molar-refractivity contribution in [3.8, 4) is 0 Å². The molecule has 5 nitrogen and oxygen atoms in total. The number of amides is 1. The van der Waals surface area contributed by atoms with E-state index in [1.165, 1.54) is 37.0 Å². The van der Waals surface area contributed by atoms with Crippen molar-refractivity contribution < 1.29 is 14.1 Å². The van der Waals surface area contributed by atoms with Crippen molar-refractivity contribution >= 4 is 23.4 Å². The number of nitro benzene ring substituents is 1. The van der Waals surface area contributed by atoms with Gasteiger partial charge in [-0.2, -0.15) is 0 Å². The van der Waals surface area contributed by atoms with E-state index in [1.807, 2.05) is 6.92 Å². The third kappa shape index (κ3) is 4.07. The Bertz CT molecular complexity index is 735. The van der Waals surface area contributed by atoms with Crippen LogP contribution in [0.1, 0.15) is 28.1 Å². The summed E-state index contributed by atoms with van der Waals surface area (Å²) in [6.07, 6.45) is 0. The summed E-state index contributed by atoms with van der Waals surface area (Å²) in [6, 6.07) is 10.4. The molecular formula is C16H15FN2O3S. The number of halogens is 1. The second kappa shape index (κ2) is 7.23. The fourth-order valence-corrected chi connectivity index (χ4v) is 3.11. The lowest BCUT2D eigenvalue weighted by Gasteiger charge is -2.12. The molecule has 0 fully saturated rings. The maximum atomic E-state index is 13.0. The van der Waals surface area contributed by atoms with Crippen LogP contribution < -0.4 is 5.32 Å². The Kier molecular flexibility index (Phi) is 5.33. The summed E-state index contributed by atoms with van der Waals surface area (Å²) in [5, 5.41) is 13.6. The molecule has 0 aliphatic carbocycles. The molecule has 1 unspecified atom stereocenters. The topological polar surface area (TPSA) is 72.2 Å². The zero-order chi connectivity index (χ0) is 17.0. The van der Waals surface area contributed by atoms with E-state index in [1.54, 1.807) is 24.3 Å². The van der Waals surface area contributed by atoms with E-state index < -0.39 is 4.92 Å². The van der Waals surface area contributed by atoms with Crippen molar-refractivity contribution in [3.05, 3.63) is 69.5 Å². The molecule has 0 radical (unpaired) electrons. The van der Waals surface area contributed by atoms with E-state index in [2.05, 4.69) is 5.32 Å². The van der Waals surface area contributed by atoms with Crippen LogP contribution in [0.25, 0.3) is 0 Å². The Morgan fingerprint density at radius 2 is 1.91 bits per heavy atom. The van der Waals surface area contributed by atoms with Gasteiger partial charge in [0.2, 0.25) is 0 Å². The molecular weight excluding hydrogens is 319 g/mol. The highest BCUT2D eigenvalue weighted by Crippen LogP contribution is 2.39. The van der Waals surface area contributed by atoms with Crippen LogP contribution in [0, 0.1) is 15.9 Å². The van der Waals surface area contributed by atoms with Gasteiger partial charge < -0.3 is 5.32 Å². The summed E-state index contributed by atoms with van der Waals surface area (Å²) in [4.78, 5) is 22.8. The lowest BCUT2D eigenvalue weighted by molar-refractivity contribution is -0.387. The Morgan fingerprint density at radius 1 is 1.26 bits per heavy atom. The predicted octanol–water partition coefficient (Wildman–Crippen LogP) is 3.95. The van der Waals surface area contributed by atoms with Gasteiger partial charge in [-0.25, -0.2) is 4.39 Å². The molecule has 1 amide bonds. The average molecular weight is 334 g/mol. The standard InChI is InChI=1S/C16H15FN2O3S/c1-10(11-3-6-13(17)7-4-11)23-15-8-5-12(16(20)18-2)9-14(15)19(21)22/h3-10H,1-2H3,(H,18,20). The number of benzene rings is 2. The van der Waals surface area contributed by atoms with Gasteiger partial charge in [-0.05, 0) is 36.8 Å². The molecule has 120 valence electrons. The monoisotopic (exact) mass is 334 g/mol. The van der Waals surface area contributed by atoms with Crippen LogP contribution in [0.3, 0.4) is 0 Å². The molecule has 1 N–H and O–H groups in total. The van der Waals surface area contributed by atoms with Crippen molar-refractivity contribution in [1.82, 2.24) is 5.32 Å². The molecule has 0 heterocycles. The minimum atomic E-state index is -0.508. The molecule has 23 heavy (non-hydrogen) atoms. The normalized spacial score (nSPS) is 11.8. The Labute approximate surface area is 137 Å². The largest absolute Gasteiger partial charge is 0.355 e. The van der Waals surface area contributed by atoms with Crippen LogP contribution in [0.2, 0.25) is 0 Å². The molecule has 2 aromatic carbocycles. The second-order valence-electron chi connectivity index (χ2n) is 4.83. The average Bonchev–Trinajstić information content (AvgIpc) is 2.54. The molecule has 2 rings (SSSR count). The lowest BCUT2D eigenvalue weighted by atomic mass is 10.2. The first-order chi connectivity index (χ1) is 10.9. The fraction of sp³-hybridized carbons (Fsp3) is 0.188. The molecule has 0 aromatic heterocycles. The van der Waals surface area contributed by atoms with Gasteiger partial charge in [-0.3, -0.25) is 14.9 Å². The molecule has 0 spiro atoms. The SMILES string of the molecule is CNC(=O)c1ccc(SC(C)c2ccc(F)cc2)c([N+](=O)[O-])c1. The van der Waals surface area contributed by atoms with Crippen molar-refractivity contribution in [3.63, 3.8) is 0 Å². The van der Waals surface area contributed by atoms with Crippen LogP contribution in [0.4, 0.5) is 10.1 Å². The molecule has 0 saturated carbocycles. The summed E-state index contributed by atoms with van der Waals surface area (Å²) < 4.78 is 13.0. The highest BCUT2D eigenvalue weighted by molar-refractivity contribution is 7.99. The van der Waals surface area contributed by atoms with E-state index in [0.717, 1.165) is 5.56 Å². The minimum Gasteiger partial charge on any atom is -0.355 e. The molecule has 1 atom stereocenters. The van der Waals surface area contributed by atoms with Crippen LogP contribution in [0.15, 0.2) is 47.4 Å². The number of thioether (sulfide) groups is 1. The number of carbonyl (C=O) groups is 1. The molecule has 0 aliphatic heterocycles. The Balaban J connectivity index is 2.29. The minimum absolute atomic E-state index is 0.0971. The summed E-state index contributed by atoms with van der Waals surface area (Å²) >= 11 is 1.29. The van der Waals surface area contributed by atoms with Gasteiger partial charge in [0.1, 0.15) is 5.82 Å². The Hall–Kier alpha value is -2.41. The smallest absolute Gasteiger partial charge is 0.283 e. The first-order valence-corrected chi connectivity index (χ1v) is 7.73. The zero-order valence-electron chi connectivity index (χ0n) is 12.6. The predicted molar refractivity (Wildman–Crippen MR) is 87.2 cm³/mol. The number of hydrogen-bond donors (Lipinski definition) is 1. The summed E-state index contributed by atoms with van der Waals surface area (Å²) in [6.45, 7) is 1.88. The van der Waals surface area contributed by atoms with E-state index in [9.17, 15) is 19.3 Å². The van der Waals surface area contributed by atoms with Gasteiger partial charge in [-0.15, -0.1) is 11.8 Å². The van der Waals surface area contributed by atoms with Crippen LogP contribution in [-0.2, 0) is 0 Å². The highest BCUT2D eigenvalue weighted by Gasteiger charge is 2.20. The molecule has 0 bridgehead atoms. The van der Waals surface area contributed by atoms with Crippen LogP contribution >= 0.6 is 11.8 Å². The van der Waals surface area contributed by atoms with Gasteiger partial charge in [-0.1, -0.05) is 12.1 Å². The van der Waals surface area contributed by atoms with E-state index in [4.69, 9.17) is 0 Å². The summed E-state index contributed by atoms with van der Waals surface area (Å²) in [7, 11) is 1.47. The van der Waals surface area contributed by atoms with E-state index >= 15 is 0 Å². The van der Waals surface area contributed by atoms with Gasteiger partial charge >= 0.3 is 0 Å². The maximum absolute atomic E-state index is 13.0. The first kappa shape index (κ1) is 17.0. The van der Waals surface area contributed by atoms with Crippen molar-refractivity contribution in [2.45, 2.75) is 17.1 Å². The quantitative estimate of drug-likeness (QED) is 0.510. The maximum Gasteiger partial charge on any atom is 0.283 e. The fourth-order valence-electron chi connectivity index (χ4n) is 2.04. The van der Waals surface area contributed by atoms with E-state index in [-0.39, 0.29) is 28.2 Å². The van der Waals surface area contributed by atoms with Gasteiger partial charge in [0.25, 0.3) is 11.6 Å². The Morgan fingerprint density at radius 3 is 2.48 bits per heavy atom. The van der Waals surface area contributed by atoms with Crippen molar-refractivity contribution in [2.24, 2.45) is 0 Å². The number of rotatable bonds is 5. The van der Waals surface area contributed by atoms with Gasteiger partial charge in [0.15, 0.2) is 0 Å². The number of carbonyl (C=O) groups excluding carboxylic acids is 1. The lowest BCUT2D eigenvalue weighted by Crippen LogP contribution is -2.17. The van der Waals surface area contributed by atoms with Gasteiger partial charge in [0.05, 0.1) is 9.82 Å².